The first-order valence-electron chi connectivity index (χ1n) is 7.96. The maximum absolute atomic E-state index is 2.48. The predicted molar refractivity (Wildman–Crippen MR) is 85.2 cm³/mol. The van der Waals surface area contributed by atoms with Crippen molar-refractivity contribution in [3.63, 3.8) is 0 Å². The molecule has 0 saturated heterocycles. The second kappa shape index (κ2) is 9.14. The monoisotopic (exact) mass is 261 g/mol. The van der Waals surface area contributed by atoms with Crippen molar-refractivity contribution in [3.05, 3.63) is 35.9 Å². The molecule has 108 valence electrons. The molecule has 0 heterocycles. The summed E-state index contributed by atoms with van der Waals surface area (Å²) < 4.78 is 0. The highest BCUT2D eigenvalue weighted by Crippen LogP contribution is 2.28. The molecular formula is C18H31N. The first-order valence-corrected chi connectivity index (χ1v) is 7.96. The average molecular weight is 261 g/mol. The van der Waals surface area contributed by atoms with Gasteiger partial charge in [-0.3, -0.25) is 0 Å². The Bertz CT molecular complexity index is 312. The van der Waals surface area contributed by atoms with Crippen molar-refractivity contribution in [1.29, 1.82) is 0 Å². The summed E-state index contributed by atoms with van der Waals surface area (Å²) in [7, 11) is 2.25. The standard InChI is InChI=1S/C16H25N.C2H6/c1-14-8-10-16(11-9-14)13-17(2)12-15-6-4-3-5-7-15;1-2/h3-7,14,16H,8-13H2,1-2H3;1-2H3. The highest BCUT2D eigenvalue weighted by atomic mass is 15.1. The van der Waals surface area contributed by atoms with E-state index in [4.69, 9.17) is 0 Å². The second-order valence-corrected chi connectivity index (χ2v) is 5.81. The van der Waals surface area contributed by atoms with Crippen LogP contribution in [0.2, 0.25) is 0 Å². The first-order chi connectivity index (χ1) is 9.24. The van der Waals surface area contributed by atoms with Gasteiger partial charge in [0.15, 0.2) is 0 Å². The largest absolute Gasteiger partial charge is 0.302 e. The van der Waals surface area contributed by atoms with Gasteiger partial charge in [-0.2, -0.15) is 0 Å². The molecule has 0 aliphatic heterocycles. The zero-order valence-corrected chi connectivity index (χ0v) is 13.2. The second-order valence-electron chi connectivity index (χ2n) is 5.81. The van der Waals surface area contributed by atoms with E-state index in [-0.39, 0.29) is 0 Å². The fourth-order valence-corrected chi connectivity index (χ4v) is 2.91. The summed E-state index contributed by atoms with van der Waals surface area (Å²) in [5.74, 6) is 1.89. The molecule has 19 heavy (non-hydrogen) atoms. The lowest BCUT2D eigenvalue weighted by Crippen LogP contribution is -2.27. The Morgan fingerprint density at radius 2 is 1.58 bits per heavy atom. The van der Waals surface area contributed by atoms with Crippen LogP contribution in [0.3, 0.4) is 0 Å². The van der Waals surface area contributed by atoms with Crippen molar-refractivity contribution in [2.75, 3.05) is 13.6 Å². The molecule has 0 unspecified atom stereocenters. The van der Waals surface area contributed by atoms with E-state index < -0.39 is 0 Å². The Hall–Kier alpha value is -0.820. The van der Waals surface area contributed by atoms with E-state index in [2.05, 4.69) is 49.2 Å². The van der Waals surface area contributed by atoms with Gasteiger partial charge in [0.25, 0.3) is 0 Å². The fraction of sp³-hybridized carbons (Fsp3) is 0.667. The zero-order valence-electron chi connectivity index (χ0n) is 13.2. The van der Waals surface area contributed by atoms with Crippen LogP contribution in [0.25, 0.3) is 0 Å². The third-order valence-electron chi connectivity index (χ3n) is 4.00. The van der Waals surface area contributed by atoms with Gasteiger partial charge in [0, 0.05) is 13.1 Å². The molecule has 1 fully saturated rings. The van der Waals surface area contributed by atoms with Crippen LogP contribution in [0.5, 0.6) is 0 Å². The Labute approximate surface area is 120 Å². The minimum absolute atomic E-state index is 0.930. The van der Waals surface area contributed by atoms with Crippen LogP contribution in [-0.2, 0) is 6.54 Å². The van der Waals surface area contributed by atoms with Crippen molar-refractivity contribution in [3.8, 4) is 0 Å². The van der Waals surface area contributed by atoms with E-state index in [0.717, 1.165) is 18.4 Å². The van der Waals surface area contributed by atoms with Gasteiger partial charge in [0.1, 0.15) is 0 Å². The van der Waals surface area contributed by atoms with Crippen LogP contribution in [0.15, 0.2) is 30.3 Å². The van der Waals surface area contributed by atoms with Crippen LogP contribution in [0.1, 0.15) is 52.0 Å². The fourth-order valence-electron chi connectivity index (χ4n) is 2.91. The van der Waals surface area contributed by atoms with E-state index in [1.165, 1.54) is 37.8 Å². The van der Waals surface area contributed by atoms with Gasteiger partial charge in [-0.15, -0.1) is 0 Å². The van der Waals surface area contributed by atoms with Crippen LogP contribution < -0.4 is 0 Å². The molecule has 0 bridgehead atoms. The summed E-state index contributed by atoms with van der Waals surface area (Å²) in [4.78, 5) is 2.48. The number of benzene rings is 1. The van der Waals surface area contributed by atoms with Crippen molar-refractivity contribution in [2.24, 2.45) is 11.8 Å². The molecule has 0 radical (unpaired) electrons. The number of rotatable bonds is 4. The molecule has 1 aliphatic rings. The minimum atomic E-state index is 0.930. The maximum Gasteiger partial charge on any atom is 0.0230 e. The molecule has 0 spiro atoms. The molecule has 1 aromatic carbocycles. The lowest BCUT2D eigenvalue weighted by atomic mass is 9.83. The number of nitrogens with zero attached hydrogens (tertiary/aromatic N) is 1. The third-order valence-corrected chi connectivity index (χ3v) is 4.00. The van der Waals surface area contributed by atoms with Crippen molar-refractivity contribution >= 4 is 0 Å². The van der Waals surface area contributed by atoms with E-state index in [1.807, 2.05) is 13.8 Å². The molecule has 0 atom stereocenters. The molecule has 1 aliphatic carbocycles. The summed E-state index contributed by atoms with van der Waals surface area (Å²) in [6, 6.07) is 10.8. The number of hydrogen-bond acceptors (Lipinski definition) is 1. The van der Waals surface area contributed by atoms with Crippen molar-refractivity contribution < 1.29 is 0 Å². The Balaban J connectivity index is 0.000000861. The first kappa shape index (κ1) is 16.2. The van der Waals surface area contributed by atoms with Crippen LogP contribution in [0, 0.1) is 11.8 Å². The lowest BCUT2D eigenvalue weighted by Gasteiger charge is -2.29. The maximum atomic E-state index is 2.48. The quantitative estimate of drug-likeness (QED) is 0.739. The molecule has 0 aromatic heterocycles. The van der Waals surface area contributed by atoms with Crippen molar-refractivity contribution in [1.82, 2.24) is 4.90 Å². The Morgan fingerprint density at radius 3 is 2.16 bits per heavy atom. The molecule has 0 N–H and O–H groups in total. The zero-order chi connectivity index (χ0) is 14.1. The van der Waals surface area contributed by atoms with Crippen LogP contribution >= 0.6 is 0 Å². The van der Waals surface area contributed by atoms with E-state index in [0.29, 0.717) is 0 Å². The molecule has 1 heteroatoms. The van der Waals surface area contributed by atoms with Gasteiger partial charge in [-0.25, -0.2) is 0 Å². The van der Waals surface area contributed by atoms with E-state index in [9.17, 15) is 0 Å². The van der Waals surface area contributed by atoms with Gasteiger partial charge < -0.3 is 4.90 Å². The van der Waals surface area contributed by atoms with Gasteiger partial charge in [-0.1, -0.05) is 63.9 Å². The van der Waals surface area contributed by atoms with Gasteiger partial charge >= 0.3 is 0 Å². The van der Waals surface area contributed by atoms with Crippen LogP contribution in [-0.4, -0.2) is 18.5 Å². The summed E-state index contributed by atoms with van der Waals surface area (Å²) in [6.45, 7) is 8.75. The van der Waals surface area contributed by atoms with Gasteiger partial charge in [0.05, 0.1) is 0 Å². The molecule has 1 nitrogen and oxygen atoms in total. The third kappa shape index (κ3) is 6.24. The highest BCUT2D eigenvalue weighted by Gasteiger charge is 2.19. The number of hydrogen-bond donors (Lipinski definition) is 0. The van der Waals surface area contributed by atoms with Gasteiger partial charge in [-0.05, 0) is 37.3 Å². The molecular weight excluding hydrogens is 230 g/mol. The predicted octanol–water partition coefficient (Wildman–Crippen LogP) is 4.97. The summed E-state index contributed by atoms with van der Waals surface area (Å²) in [5.41, 5.74) is 1.43. The average Bonchev–Trinajstić information content (AvgIpc) is 2.45. The summed E-state index contributed by atoms with van der Waals surface area (Å²) >= 11 is 0. The summed E-state index contributed by atoms with van der Waals surface area (Å²) in [5, 5.41) is 0. The smallest absolute Gasteiger partial charge is 0.0230 e. The molecule has 1 saturated carbocycles. The molecule has 0 amide bonds. The Morgan fingerprint density at radius 1 is 1.00 bits per heavy atom. The van der Waals surface area contributed by atoms with E-state index >= 15 is 0 Å². The molecule has 1 aromatic rings. The highest BCUT2D eigenvalue weighted by molar-refractivity contribution is 5.14. The van der Waals surface area contributed by atoms with E-state index in [1.54, 1.807) is 0 Å². The lowest BCUT2D eigenvalue weighted by molar-refractivity contribution is 0.205. The Kier molecular flexibility index (Phi) is 7.81. The molecule has 2 rings (SSSR count). The van der Waals surface area contributed by atoms with Crippen molar-refractivity contribution in [2.45, 2.75) is 53.0 Å². The SMILES string of the molecule is CC.CC1CCC(CN(C)Cc2ccccc2)CC1. The minimum Gasteiger partial charge on any atom is -0.302 e. The van der Waals surface area contributed by atoms with Gasteiger partial charge in [0.2, 0.25) is 0 Å². The van der Waals surface area contributed by atoms with Crippen LogP contribution in [0.4, 0.5) is 0 Å². The topological polar surface area (TPSA) is 3.24 Å². The normalized spacial score (nSPS) is 22.8. The summed E-state index contributed by atoms with van der Waals surface area (Å²) in [6.07, 6.45) is 5.73.